The predicted molar refractivity (Wildman–Crippen MR) is 92.8 cm³/mol. The van der Waals surface area contributed by atoms with Crippen LogP contribution in [0.25, 0.3) is 0 Å². The molecule has 0 radical (unpaired) electrons. The van der Waals surface area contributed by atoms with Crippen LogP contribution in [-0.2, 0) is 6.18 Å². The minimum absolute atomic E-state index is 0.0598. The molecule has 0 aliphatic heterocycles. The van der Waals surface area contributed by atoms with Crippen LogP contribution >= 0.6 is 47.0 Å². The third-order valence-corrected chi connectivity index (χ3v) is 4.08. The number of hydrogen-bond acceptors (Lipinski definition) is 1. The van der Waals surface area contributed by atoms with E-state index in [9.17, 15) is 13.2 Å². The summed E-state index contributed by atoms with van der Waals surface area (Å²) in [4.78, 5) is 0. The average Bonchev–Trinajstić information content (AvgIpc) is 2.45. The average molecular weight is 400 g/mol. The molecule has 0 aliphatic rings. The summed E-state index contributed by atoms with van der Waals surface area (Å²) in [5.41, 5.74) is -0.383. The summed E-state index contributed by atoms with van der Waals surface area (Å²) >= 11 is 22.5. The van der Waals surface area contributed by atoms with E-state index in [1.54, 1.807) is 18.2 Å². The Labute approximate surface area is 150 Å². The van der Waals surface area contributed by atoms with Gasteiger partial charge in [0.25, 0.3) is 0 Å². The van der Waals surface area contributed by atoms with Gasteiger partial charge in [0, 0.05) is 5.69 Å². The third-order valence-electron chi connectivity index (χ3n) is 2.73. The second kappa shape index (κ2) is 7.13. The molecule has 0 aliphatic carbocycles. The van der Waals surface area contributed by atoms with Gasteiger partial charge in [-0.15, -0.1) is 0 Å². The Morgan fingerprint density at radius 3 is 2.30 bits per heavy atom. The molecule has 0 heterocycles. The highest BCUT2D eigenvalue weighted by Gasteiger charge is 2.33. The normalized spacial score (nSPS) is 11.2. The monoisotopic (exact) mass is 398 g/mol. The summed E-state index contributed by atoms with van der Waals surface area (Å²) < 4.78 is 38.5. The van der Waals surface area contributed by atoms with Crippen molar-refractivity contribution in [2.45, 2.75) is 6.18 Å². The first-order valence-corrected chi connectivity index (χ1v) is 7.61. The van der Waals surface area contributed by atoms with Crippen molar-refractivity contribution in [1.82, 2.24) is 0 Å². The van der Waals surface area contributed by atoms with Crippen LogP contribution < -0.4 is 10.6 Å². The minimum Gasteiger partial charge on any atom is -0.332 e. The van der Waals surface area contributed by atoms with Crippen LogP contribution in [0.15, 0.2) is 36.4 Å². The Kier molecular flexibility index (Phi) is 5.62. The molecule has 0 saturated carbocycles. The molecule has 0 bridgehead atoms. The maximum atomic E-state index is 12.8. The van der Waals surface area contributed by atoms with E-state index in [0.717, 1.165) is 12.1 Å². The zero-order chi connectivity index (χ0) is 17.2. The molecule has 0 aromatic heterocycles. The molecule has 0 saturated heterocycles. The quantitative estimate of drug-likeness (QED) is 0.566. The fourth-order valence-corrected chi connectivity index (χ4v) is 2.51. The first-order chi connectivity index (χ1) is 10.7. The van der Waals surface area contributed by atoms with Crippen LogP contribution in [0.2, 0.25) is 15.1 Å². The molecule has 23 heavy (non-hydrogen) atoms. The van der Waals surface area contributed by atoms with E-state index in [-0.39, 0.29) is 20.8 Å². The summed E-state index contributed by atoms with van der Waals surface area (Å²) in [5, 5.41) is 5.65. The molecule has 9 heteroatoms. The van der Waals surface area contributed by atoms with Crippen molar-refractivity contribution < 1.29 is 13.2 Å². The predicted octanol–water partition coefficient (Wildman–Crippen LogP) is 6.47. The summed E-state index contributed by atoms with van der Waals surface area (Å²) in [5.74, 6) is 0. The van der Waals surface area contributed by atoms with E-state index in [0.29, 0.717) is 10.7 Å². The molecule has 0 fully saturated rings. The van der Waals surface area contributed by atoms with Gasteiger partial charge in [0.15, 0.2) is 5.11 Å². The zero-order valence-electron chi connectivity index (χ0n) is 11.1. The SMILES string of the molecule is FC(F)(F)c1cc(NC(=S)Nc2cccc(Cl)c2Cl)ccc1Cl. The summed E-state index contributed by atoms with van der Waals surface area (Å²) in [6.45, 7) is 0. The van der Waals surface area contributed by atoms with Crippen LogP contribution in [0.1, 0.15) is 5.56 Å². The van der Waals surface area contributed by atoms with Gasteiger partial charge in [0.1, 0.15) is 0 Å². The summed E-state index contributed by atoms with van der Waals surface area (Å²) in [6, 6.07) is 8.28. The zero-order valence-corrected chi connectivity index (χ0v) is 14.2. The molecule has 0 unspecified atom stereocenters. The number of rotatable bonds is 2. The highest BCUT2D eigenvalue weighted by molar-refractivity contribution is 7.80. The Hall–Kier alpha value is -1.21. The number of halogens is 6. The van der Waals surface area contributed by atoms with Gasteiger partial charge in [-0.05, 0) is 42.5 Å². The smallest absolute Gasteiger partial charge is 0.332 e. The van der Waals surface area contributed by atoms with E-state index >= 15 is 0 Å². The summed E-state index contributed by atoms with van der Waals surface area (Å²) in [6.07, 6.45) is -4.56. The lowest BCUT2D eigenvalue weighted by molar-refractivity contribution is -0.137. The second-order valence-electron chi connectivity index (χ2n) is 4.37. The van der Waals surface area contributed by atoms with Crippen LogP contribution in [0.4, 0.5) is 24.5 Å². The fourth-order valence-electron chi connectivity index (χ4n) is 1.71. The van der Waals surface area contributed by atoms with E-state index in [1.807, 2.05) is 0 Å². The minimum atomic E-state index is -4.56. The van der Waals surface area contributed by atoms with Crippen molar-refractivity contribution in [1.29, 1.82) is 0 Å². The first kappa shape index (κ1) is 18.1. The van der Waals surface area contributed by atoms with Crippen molar-refractivity contribution in [2.24, 2.45) is 0 Å². The van der Waals surface area contributed by atoms with E-state index < -0.39 is 11.7 Å². The lowest BCUT2D eigenvalue weighted by atomic mass is 10.2. The van der Waals surface area contributed by atoms with Crippen molar-refractivity contribution in [3.63, 3.8) is 0 Å². The molecule has 122 valence electrons. The highest BCUT2D eigenvalue weighted by Crippen LogP contribution is 2.36. The maximum Gasteiger partial charge on any atom is 0.417 e. The molecular weight excluding hydrogens is 392 g/mol. The van der Waals surface area contributed by atoms with Crippen molar-refractivity contribution in [3.8, 4) is 0 Å². The largest absolute Gasteiger partial charge is 0.417 e. The lowest BCUT2D eigenvalue weighted by Gasteiger charge is -2.14. The van der Waals surface area contributed by atoms with Gasteiger partial charge in [-0.3, -0.25) is 0 Å². The molecular formula is C14H8Cl3F3N2S. The Morgan fingerprint density at radius 2 is 1.65 bits per heavy atom. The van der Waals surface area contributed by atoms with Gasteiger partial charge < -0.3 is 10.6 Å². The van der Waals surface area contributed by atoms with Crippen molar-refractivity contribution in [3.05, 3.63) is 57.0 Å². The van der Waals surface area contributed by atoms with Crippen LogP contribution in [0.3, 0.4) is 0 Å². The maximum absolute atomic E-state index is 12.8. The van der Waals surface area contributed by atoms with E-state index in [1.165, 1.54) is 6.07 Å². The number of alkyl halides is 3. The summed E-state index contributed by atoms with van der Waals surface area (Å²) in [7, 11) is 0. The Morgan fingerprint density at radius 1 is 0.957 bits per heavy atom. The van der Waals surface area contributed by atoms with Crippen molar-refractivity contribution in [2.75, 3.05) is 10.6 Å². The second-order valence-corrected chi connectivity index (χ2v) is 5.97. The standard InChI is InChI=1S/C14H8Cl3F3N2S/c15-9-5-4-7(6-8(9)14(18,19)20)21-13(23)22-11-3-1-2-10(16)12(11)17/h1-6H,(H2,21,22,23). The number of nitrogens with one attached hydrogen (secondary N) is 2. The molecule has 0 spiro atoms. The van der Waals surface area contributed by atoms with Crippen LogP contribution in [-0.4, -0.2) is 5.11 Å². The van der Waals surface area contributed by atoms with Gasteiger partial charge in [-0.25, -0.2) is 0 Å². The Bertz CT molecular complexity index is 751. The molecule has 0 amide bonds. The molecule has 2 aromatic rings. The van der Waals surface area contributed by atoms with Gasteiger partial charge in [0.05, 0.1) is 26.3 Å². The number of benzene rings is 2. The van der Waals surface area contributed by atoms with Crippen LogP contribution in [0, 0.1) is 0 Å². The van der Waals surface area contributed by atoms with Crippen LogP contribution in [0.5, 0.6) is 0 Å². The third kappa shape index (κ3) is 4.64. The van der Waals surface area contributed by atoms with Crippen molar-refractivity contribution >= 4 is 63.5 Å². The number of hydrogen-bond donors (Lipinski definition) is 2. The van der Waals surface area contributed by atoms with Gasteiger partial charge in [-0.2, -0.15) is 13.2 Å². The van der Waals surface area contributed by atoms with Gasteiger partial charge >= 0.3 is 6.18 Å². The van der Waals surface area contributed by atoms with Gasteiger partial charge in [0.2, 0.25) is 0 Å². The van der Waals surface area contributed by atoms with E-state index in [2.05, 4.69) is 10.6 Å². The molecule has 2 N–H and O–H groups in total. The topological polar surface area (TPSA) is 24.1 Å². The number of thiocarbonyl (C=S) groups is 1. The molecule has 2 nitrogen and oxygen atoms in total. The lowest BCUT2D eigenvalue weighted by Crippen LogP contribution is -2.19. The fraction of sp³-hybridized carbons (Fsp3) is 0.0714. The first-order valence-electron chi connectivity index (χ1n) is 6.07. The van der Waals surface area contributed by atoms with E-state index in [4.69, 9.17) is 47.0 Å². The molecule has 2 rings (SSSR count). The van der Waals surface area contributed by atoms with Gasteiger partial charge in [-0.1, -0.05) is 40.9 Å². The number of anilines is 2. The molecule has 2 aromatic carbocycles. The molecule has 0 atom stereocenters. The highest BCUT2D eigenvalue weighted by atomic mass is 35.5. The Balaban J connectivity index is 2.16.